The van der Waals surface area contributed by atoms with Gasteiger partial charge in [-0.3, -0.25) is 0 Å². The Morgan fingerprint density at radius 1 is 1.47 bits per heavy atom. The van der Waals surface area contributed by atoms with Crippen molar-refractivity contribution in [2.24, 2.45) is 0 Å². The van der Waals surface area contributed by atoms with E-state index in [2.05, 4.69) is 10.1 Å². The molecule has 0 aliphatic rings. The zero-order valence-electron chi connectivity index (χ0n) is 8.95. The fraction of sp³-hybridized carbons (Fsp3) is 0.273. The second-order valence-electron chi connectivity index (χ2n) is 3.46. The molecule has 3 nitrogen and oxygen atoms in total. The predicted molar refractivity (Wildman–Crippen MR) is 63.6 cm³/mol. The summed E-state index contributed by atoms with van der Waals surface area (Å²) in [5.74, 6) is 0.232. The van der Waals surface area contributed by atoms with Gasteiger partial charge in [0.25, 0.3) is 5.89 Å². The SMILES string of the molecule is CCC(Cl)c1noc(-c2ccc(F)cc2Cl)n1. The van der Waals surface area contributed by atoms with Crippen LogP contribution < -0.4 is 0 Å². The van der Waals surface area contributed by atoms with Crippen LogP contribution in [0, 0.1) is 5.82 Å². The molecule has 0 radical (unpaired) electrons. The monoisotopic (exact) mass is 274 g/mol. The molecular weight excluding hydrogens is 266 g/mol. The minimum Gasteiger partial charge on any atom is -0.334 e. The summed E-state index contributed by atoms with van der Waals surface area (Å²) in [5.41, 5.74) is 0.492. The Bertz CT molecular complexity index is 530. The molecule has 0 aliphatic heterocycles. The van der Waals surface area contributed by atoms with E-state index >= 15 is 0 Å². The first-order chi connectivity index (χ1) is 8.11. The first kappa shape index (κ1) is 12.3. The van der Waals surface area contributed by atoms with Crippen molar-refractivity contribution in [3.05, 3.63) is 34.9 Å². The van der Waals surface area contributed by atoms with E-state index in [9.17, 15) is 4.39 Å². The number of halogens is 3. The Labute approximate surface area is 108 Å². The van der Waals surface area contributed by atoms with Crippen molar-refractivity contribution in [2.45, 2.75) is 18.7 Å². The summed E-state index contributed by atoms with van der Waals surface area (Å²) in [6.07, 6.45) is 0.692. The van der Waals surface area contributed by atoms with Gasteiger partial charge in [-0.2, -0.15) is 4.98 Å². The molecule has 2 rings (SSSR count). The molecule has 1 unspecified atom stereocenters. The van der Waals surface area contributed by atoms with Crippen molar-refractivity contribution < 1.29 is 8.91 Å². The van der Waals surface area contributed by atoms with Crippen LogP contribution in [0.25, 0.3) is 11.5 Å². The summed E-state index contributed by atoms with van der Waals surface area (Å²) in [4.78, 5) is 4.13. The standard InChI is InChI=1S/C11H9Cl2FN2O/c1-2-8(12)10-15-11(17-16-10)7-4-3-6(14)5-9(7)13/h3-5,8H,2H2,1H3. The molecule has 1 aromatic heterocycles. The van der Waals surface area contributed by atoms with E-state index in [0.29, 0.717) is 17.8 Å². The van der Waals surface area contributed by atoms with Crippen LogP contribution in [0.5, 0.6) is 0 Å². The van der Waals surface area contributed by atoms with Gasteiger partial charge in [0.05, 0.1) is 16.0 Å². The van der Waals surface area contributed by atoms with Crippen LogP contribution in [0.2, 0.25) is 5.02 Å². The molecule has 1 atom stereocenters. The van der Waals surface area contributed by atoms with Gasteiger partial charge in [-0.05, 0) is 24.6 Å². The molecule has 0 amide bonds. The predicted octanol–water partition coefficient (Wildman–Crippen LogP) is 4.22. The van der Waals surface area contributed by atoms with Crippen LogP contribution in [0.15, 0.2) is 22.7 Å². The third-order valence-corrected chi connectivity index (χ3v) is 3.06. The number of rotatable bonds is 3. The van der Waals surface area contributed by atoms with Crippen molar-refractivity contribution in [3.63, 3.8) is 0 Å². The highest BCUT2D eigenvalue weighted by Crippen LogP contribution is 2.29. The first-order valence-electron chi connectivity index (χ1n) is 5.05. The Morgan fingerprint density at radius 2 is 2.24 bits per heavy atom. The quantitative estimate of drug-likeness (QED) is 0.787. The number of aromatic nitrogens is 2. The molecule has 1 heterocycles. The molecule has 0 spiro atoms. The molecular formula is C11H9Cl2FN2O. The third-order valence-electron chi connectivity index (χ3n) is 2.24. The molecule has 1 aromatic carbocycles. The highest BCUT2D eigenvalue weighted by molar-refractivity contribution is 6.33. The minimum absolute atomic E-state index is 0.225. The normalized spacial score (nSPS) is 12.7. The molecule has 6 heteroatoms. The van der Waals surface area contributed by atoms with E-state index in [-0.39, 0.29) is 16.3 Å². The molecule has 0 saturated carbocycles. The van der Waals surface area contributed by atoms with Crippen LogP contribution in [0.4, 0.5) is 4.39 Å². The Balaban J connectivity index is 2.37. The van der Waals surface area contributed by atoms with Crippen LogP contribution in [-0.4, -0.2) is 10.1 Å². The van der Waals surface area contributed by atoms with Crippen molar-refractivity contribution in [2.75, 3.05) is 0 Å². The summed E-state index contributed by atoms with van der Waals surface area (Å²) < 4.78 is 17.9. The van der Waals surface area contributed by atoms with Gasteiger partial charge in [0.2, 0.25) is 0 Å². The minimum atomic E-state index is -0.415. The average Bonchev–Trinajstić information content (AvgIpc) is 2.77. The van der Waals surface area contributed by atoms with E-state index in [4.69, 9.17) is 27.7 Å². The molecule has 17 heavy (non-hydrogen) atoms. The maximum Gasteiger partial charge on any atom is 0.259 e. The zero-order chi connectivity index (χ0) is 12.4. The summed E-state index contributed by atoms with van der Waals surface area (Å²) in [6, 6.07) is 3.96. The van der Waals surface area contributed by atoms with Crippen LogP contribution in [0.3, 0.4) is 0 Å². The van der Waals surface area contributed by atoms with Crippen molar-refractivity contribution in [1.29, 1.82) is 0 Å². The third kappa shape index (κ3) is 2.58. The lowest BCUT2D eigenvalue weighted by molar-refractivity contribution is 0.421. The van der Waals surface area contributed by atoms with Gasteiger partial charge < -0.3 is 4.52 Å². The van der Waals surface area contributed by atoms with Crippen molar-refractivity contribution >= 4 is 23.2 Å². The van der Waals surface area contributed by atoms with E-state index in [1.54, 1.807) is 0 Å². The summed E-state index contributed by atoms with van der Waals surface area (Å²) in [7, 11) is 0. The maximum atomic E-state index is 12.9. The molecule has 0 saturated heterocycles. The van der Waals surface area contributed by atoms with Gasteiger partial charge in [-0.25, -0.2) is 4.39 Å². The molecule has 0 aliphatic carbocycles. The molecule has 0 bridgehead atoms. The molecule has 0 fully saturated rings. The van der Waals surface area contributed by atoms with E-state index in [1.807, 2.05) is 6.92 Å². The van der Waals surface area contributed by atoms with Gasteiger partial charge >= 0.3 is 0 Å². The van der Waals surface area contributed by atoms with Crippen molar-refractivity contribution in [3.8, 4) is 11.5 Å². The zero-order valence-corrected chi connectivity index (χ0v) is 10.5. The fourth-order valence-corrected chi connectivity index (χ4v) is 1.65. The Hall–Kier alpha value is -1.13. The maximum absolute atomic E-state index is 12.9. The van der Waals surface area contributed by atoms with Gasteiger partial charge in [-0.1, -0.05) is 23.7 Å². The number of benzene rings is 1. The number of hydrogen-bond acceptors (Lipinski definition) is 3. The Kier molecular flexibility index (Phi) is 3.64. The molecule has 2 aromatic rings. The van der Waals surface area contributed by atoms with Gasteiger partial charge in [0, 0.05) is 0 Å². The van der Waals surface area contributed by atoms with Crippen LogP contribution in [-0.2, 0) is 0 Å². The lowest BCUT2D eigenvalue weighted by Crippen LogP contribution is -1.90. The van der Waals surface area contributed by atoms with E-state index in [0.717, 1.165) is 0 Å². The van der Waals surface area contributed by atoms with Crippen molar-refractivity contribution in [1.82, 2.24) is 10.1 Å². The number of alkyl halides is 1. The van der Waals surface area contributed by atoms with E-state index < -0.39 is 5.82 Å². The van der Waals surface area contributed by atoms with E-state index in [1.165, 1.54) is 18.2 Å². The molecule has 0 N–H and O–H groups in total. The smallest absolute Gasteiger partial charge is 0.259 e. The largest absolute Gasteiger partial charge is 0.334 e. The van der Waals surface area contributed by atoms with Gasteiger partial charge in [0.15, 0.2) is 5.82 Å². The summed E-state index contributed by atoms with van der Waals surface area (Å²) in [5, 5.41) is 3.68. The second kappa shape index (κ2) is 5.02. The van der Waals surface area contributed by atoms with Crippen LogP contribution in [0.1, 0.15) is 24.5 Å². The van der Waals surface area contributed by atoms with Gasteiger partial charge in [-0.15, -0.1) is 11.6 Å². The lowest BCUT2D eigenvalue weighted by atomic mass is 10.2. The summed E-state index contributed by atoms with van der Waals surface area (Å²) in [6.45, 7) is 1.92. The number of nitrogens with zero attached hydrogens (tertiary/aromatic N) is 2. The van der Waals surface area contributed by atoms with Gasteiger partial charge in [0.1, 0.15) is 5.82 Å². The highest BCUT2D eigenvalue weighted by Gasteiger charge is 2.16. The fourth-order valence-electron chi connectivity index (χ4n) is 1.32. The molecule has 90 valence electrons. The average molecular weight is 275 g/mol. The highest BCUT2D eigenvalue weighted by atomic mass is 35.5. The lowest BCUT2D eigenvalue weighted by Gasteiger charge is -1.98. The number of hydrogen-bond donors (Lipinski definition) is 0. The summed E-state index contributed by atoms with van der Waals surface area (Å²) >= 11 is 11.9. The topological polar surface area (TPSA) is 38.9 Å². The first-order valence-corrected chi connectivity index (χ1v) is 5.86. The second-order valence-corrected chi connectivity index (χ2v) is 4.39. The van der Waals surface area contributed by atoms with Crippen LogP contribution >= 0.6 is 23.2 Å². The Morgan fingerprint density at radius 3 is 2.88 bits per heavy atom.